The number of nitro groups is 1. The molecule has 2 unspecified atom stereocenters. The largest absolute Gasteiger partial charge is 0.457 e. The van der Waals surface area contributed by atoms with Crippen LogP contribution in [0, 0.1) is 27.4 Å². The SMILES string of the molecule is O=C(Nc1cc(Oc2cccc(C(F)(F)F)c2)cc([N+](=O)[O-])c1)C12CC3CC(C1)CC(n1cnc(Cl)n1)(C3)C2. The van der Waals surface area contributed by atoms with E-state index in [1.165, 1.54) is 24.3 Å². The molecule has 13 heteroatoms. The predicted octanol–water partition coefficient (Wildman–Crippen LogP) is 6.59. The van der Waals surface area contributed by atoms with Crippen molar-refractivity contribution >= 4 is 28.9 Å². The Morgan fingerprint density at radius 2 is 1.87 bits per heavy atom. The lowest BCUT2D eigenvalue weighted by atomic mass is 9.46. The fourth-order valence-corrected chi connectivity index (χ4v) is 7.30. The third-order valence-corrected chi connectivity index (χ3v) is 8.39. The summed E-state index contributed by atoms with van der Waals surface area (Å²) >= 11 is 6.00. The molecule has 4 aliphatic rings. The number of nitro benzene ring substituents is 1. The second-order valence-corrected chi connectivity index (χ2v) is 11.3. The zero-order chi connectivity index (χ0) is 27.6. The van der Waals surface area contributed by atoms with E-state index < -0.39 is 22.1 Å². The van der Waals surface area contributed by atoms with E-state index in [0.29, 0.717) is 31.1 Å². The molecule has 4 fully saturated rings. The number of aromatic nitrogens is 3. The summed E-state index contributed by atoms with van der Waals surface area (Å²) in [5, 5.41) is 19.0. The second kappa shape index (κ2) is 8.94. The first kappa shape index (κ1) is 25.6. The lowest BCUT2D eigenvalue weighted by molar-refractivity contribution is -0.384. The average Bonchev–Trinajstić information content (AvgIpc) is 3.30. The van der Waals surface area contributed by atoms with Gasteiger partial charge in [-0.2, -0.15) is 13.2 Å². The number of rotatable bonds is 6. The van der Waals surface area contributed by atoms with Crippen molar-refractivity contribution in [2.24, 2.45) is 17.3 Å². The quantitative estimate of drug-likeness (QED) is 0.268. The summed E-state index contributed by atoms with van der Waals surface area (Å²) < 4.78 is 46.7. The summed E-state index contributed by atoms with van der Waals surface area (Å²) in [4.78, 5) is 28.9. The molecule has 204 valence electrons. The zero-order valence-corrected chi connectivity index (χ0v) is 21.2. The van der Waals surface area contributed by atoms with Crippen LogP contribution in [0.2, 0.25) is 5.28 Å². The number of carbonyl (C=O) groups excluding carboxylic acids is 1. The van der Waals surface area contributed by atoms with Gasteiger partial charge in [-0.3, -0.25) is 14.9 Å². The number of non-ortho nitro benzene ring substituents is 1. The highest BCUT2D eigenvalue weighted by atomic mass is 35.5. The Kier molecular flexibility index (Phi) is 5.87. The molecule has 3 aromatic rings. The Bertz CT molecular complexity index is 1460. The van der Waals surface area contributed by atoms with Crippen LogP contribution < -0.4 is 10.1 Å². The van der Waals surface area contributed by atoms with Gasteiger partial charge in [-0.25, -0.2) is 9.67 Å². The lowest BCUT2D eigenvalue weighted by Gasteiger charge is -2.60. The lowest BCUT2D eigenvalue weighted by Crippen LogP contribution is -2.60. The molecule has 0 radical (unpaired) electrons. The number of halogens is 4. The third kappa shape index (κ3) is 4.70. The Morgan fingerprint density at radius 1 is 1.13 bits per heavy atom. The van der Waals surface area contributed by atoms with E-state index in [0.717, 1.165) is 37.5 Å². The van der Waals surface area contributed by atoms with Gasteiger partial charge in [0.25, 0.3) is 5.69 Å². The van der Waals surface area contributed by atoms with E-state index in [9.17, 15) is 28.1 Å². The molecule has 9 nitrogen and oxygen atoms in total. The molecule has 2 atom stereocenters. The van der Waals surface area contributed by atoms with Gasteiger partial charge < -0.3 is 10.1 Å². The molecule has 1 N–H and O–H groups in total. The number of nitrogens with zero attached hydrogens (tertiary/aromatic N) is 4. The molecule has 4 saturated carbocycles. The van der Waals surface area contributed by atoms with Crippen molar-refractivity contribution in [3.63, 3.8) is 0 Å². The van der Waals surface area contributed by atoms with Gasteiger partial charge in [-0.05, 0) is 80.2 Å². The normalized spacial score (nSPS) is 27.4. The van der Waals surface area contributed by atoms with Crippen LogP contribution >= 0.6 is 11.6 Å². The van der Waals surface area contributed by atoms with Gasteiger partial charge in [0, 0.05) is 12.1 Å². The molecule has 7 rings (SSSR count). The molecule has 1 heterocycles. The fraction of sp³-hybridized carbons (Fsp3) is 0.423. The Hall–Kier alpha value is -3.67. The Balaban J connectivity index is 1.28. The van der Waals surface area contributed by atoms with Crippen molar-refractivity contribution in [1.82, 2.24) is 14.8 Å². The molecule has 1 aromatic heterocycles. The Labute approximate surface area is 225 Å². The number of hydrogen-bond donors (Lipinski definition) is 1. The summed E-state index contributed by atoms with van der Waals surface area (Å²) in [5.41, 5.74) is -2.22. The predicted molar refractivity (Wildman–Crippen MR) is 133 cm³/mol. The van der Waals surface area contributed by atoms with Crippen molar-refractivity contribution < 1.29 is 27.6 Å². The molecule has 0 spiro atoms. The van der Waals surface area contributed by atoms with Crippen molar-refractivity contribution in [1.29, 1.82) is 0 Å². The number of carbonyl (C=O) groups is 1. The molecule has 4 aliphatic carbocycles. The van der Waals surface area contributed by atoms with E-state index in [2.05, 4.69) is 15.4 Å². The highest BCUT2D eigenvalue weighted by Gasteiger charge is 2.61. The number of amides is 1. The van der Waals surface area contributed by atoms with Crippen molar-refractivity contribution in [3.8, 4) is 11.5 Å². The highest BCUT2D eigenvalue weighted by molar-refractivity contribution is 6.28. The third-order valence-electron chi connectivity index (χ3n) is 8.22. The van der Waals surface area contributed by atoms with Crippen LogP contribution in [0.3, 0.4) is 0 Å². The van der Waals surface area contributed by atoms with E-state index in [1.54, 1.807) is 11.0 Å². The Morgan fingerprint density at radius 3 is 2.51 bits per heavy atom. The van der Waals surface area contributed by atoms with E-state index in [-0.39, 0.29) is 39.6 Å². The second-order valence-electron chi connectivity index (χ2n) is 11.0. The molecular formula is C26H23ClF3N5O4. The van der Waals surface area contributed by atoms with Gasteiger partial charge in [0.05, 0.1) is 33.2 Å². The monoisotopic (exact) mass is 561 g/mol. The maximum Gasteiger partial charge on any atom is 0.416 e. The first-order valence-electron chi connectivity index (χ1n) is 12.5. The minimum Gasteiger partial charge on any atom is -0.457 e. The summed E-state index contributed by atoms with van der Waals surface area (Å²) in [7, 11) is 0. The van der Waals surface area contributed by atoms with Crippen LogP contribution in [0.4, 0.5) is 24.5 Å². The maximum absolute atomic E-state index is 13.8. The van der Waals surface area contributed by atoms with E-state index in [1.807, 2.05) is 0 Å². The molecule has 0 saturated heterocycles. The standard InChI is InChI=1S/C26H23ClF3N5O4/c27-23-31-14-34(33-23)25-11-15-4-16(12-25)10-24(9-15,13-25)22(36)32-18-6-19(35(37)38)8-21(7-18)39-20-3-1-2-17(5-20)26(28,29)30/h1-3,5-8,14-16H,4,9-13H2,(H,32,36). The topological polar surface area (TPSA) is 112 Å². The molecule has 39 heavy (non-hydrogen) atoms. The first-order chi connectivity index (χ1) is 18.4. The number of alkyl halides is 3. The fourth-order valence-electron chi connectivity index (χ4n) is 7.17. The zero-order valence-electron chi connectivity index (χ0n) is 20.4. The van der Waals surface area contributed by atoms with Crippen LogP contribution in [-0.4, -0.2) is 25.6 Å². The number of ether oxygens (including phenoxy) is 1. The molecule has 0 aliphatic heterocycles. The van der Waals surface area contributed by atoms with Gasteiger partial charge in [0.15, 0.2) is 0 Å². The summed E-state index contributed by atoms with van der Waals surface area (Å²) in [5.74, 6) is 0.183. The summed E-state index contributed by atoms with van der Waals surface area (Å²) in [6.45, 7) is 0. The maximum atomic E-state index is 13.8. The van der Waals surface area contributed by atoms with Crippen molar-refractivity contribution in [3.05, 3.63) is 69.8 Å². The number of nitrogens with one attached hydrogen (secondary N) is 1. The molecule has 2 aromatic carbocycles. The van der Waals surface area contributed by atoms with Crippen molar-refractivity contribution in [2.45, 2.75) is 50.2 Å². The van der Waals surface area contributed by atoms with Crippen LogP contribution in [0.5, 0.6) is 11.5 Å². The number of benzene rings is 2. The molecule has 1 amide bonds. The van der Waals surface area contributed by atoms with Gasteiger partial charge in [0.2, 0.25) is 11.2 Å². The van der Waals surface area contributed by atoms with Crippen LogP contribution in [-0.2, 0) is 16.5 Å². The van der Waals surface area contributed by atoms with Gasteiger partial charge in [0.1, 0.15) is 17.8 Å². The highest BCUT2D eigenvalue weighted by Crippen LogP contribution is 2.64. The summed E-state index contributed by atoms with van der Waals surface area (Å²) in [6, 6.07) is 7.90. The molecular weight excluding hydrogens is 539 g/mol. The minimum atomic E-state index is -4.58. The van der Waals surface area contributed by atoms with Crippen LogP contribution in [0.15, 0.2) is 48.8 Å². The van der Waals surface area contributed by atoms with E-state index >= 15 is 0 Å². The van der Waals surface area contributed by atoms with Crippen LogP contribution in [0.1, 0.15) is 44.1 Å². The number of anilines is 1. The summed E-state index contributed by atoms with van der Waals surface area (Å²) in [6.07, 6.45) is 1.76. The minimum absolute atomic E-state index is 0.0712. The van der Waals surface area contributed by atoms with Crippen LogP contribution in [0.25, 0.3) is 0 Å². The van der Waals surface area contributed by atoms with Gasteiger partial charge in [-0.15, -0.1) is 5.10 Å². The van der Waals surface area contributed by atoms with E-state index in [4.69, 9.17) is 16.3 Å². The number of hydrogen-bond acceptors (Lipinski definition) is 6. The first-order valence-corrected chi connectivity index (χ1v) is 12.8. The van der Waals surface area contributed by atoms with Gasteiger partial charge >= 0.3 is 6.18 Å². The average molecular weight is 562 g/mol. The molecule has 4 bridgehead atoms. The van der Waals surface area contributed by atoms with Gasteiger partial charge in [-0.1, -0.05) is 6.07 Å². The van der Waals surface area contributed by atoms with Crippen molar-refractivity contribution in [2.75, 3.05) is 5.32 Å². The smallest absolute Gasteiger partial charge is 0.416 e.